The zero-order valence-electron chi connectivity index (χ0n) is 9.93. The first-order valence-electron chi connectivity index (χ1n) is 5.86. The molecule has 94 valence electrons. The van der Waals surface area contributed by atoms with E-state index in [1.54, 1.807) is 0 Å². The summed E-state index contributed by atoms with van der Waals surface area (Å²) >= 11 is 0. The van der Waals surface area contributed by atoms with Crippen molar-refractivity contribution >= 4 is 5.97 Å². The zero-order chi connectivity index (χ0) is 12.3. The second-order valence-corrected chi connectivity index (χ2v) is 3.63. The molecule has 0 atom stereocenters. The smallest absolute Gasteiger partial charge is 0.305 e. The van der Waals surface area contributed by atoms with E-state index >= 15 is 0 Å². The Balaban J connectivity index is 2.02. The predicted molar refractivity (Wildman–Crippen MR) is 65.8 cm³/mol. The molecule has 0 spiro atoms. The van der Waals surface area contributed by atoms with Gasteiger partial charge in [-0.05, 0) is 31.5 Å². The van der Waals surface area contributed by atoms with Crippen LogP contribution in [0.4, 0.5) is 0 Å². The van der Waals surface area contributed by atoms with Crippen LogP contribution in [-0.4, -0.2) is 25.7 Å². The summed E-state index contributed by atoms with van der Waals surface area (Å²) in [5.41, 5.74) is 5.33. The van der Waals surface area contributed by atoms with Crippen molar-refractivity contribution in [2.45, 2.75) is 19.3 Å². The molecule has 1 aromatic carbocycles. The van der Waals surface area contributed by atoms with E-state index in [9.17, 15) is 4.79 Å². The van der Waals surface area contributed by atoms with Crippen molar-refractivity contribution in [2.75, 3.05) is 19.8 Å². The van der Waals surface area contributed by atoms with Crippen molar-refractivity contribution in [2.24, 2.45) is 5.73 Å². The Morgan fingerprint density at radius 1 is 1.12 bits per heavy atom. The number of hydrogen-bond acceptors (Lipinski definition) is 4. The maximum absolute atomic E-state index is 11.2. The molecule has 2 N–H and O–H groups in total. The summed E-state index contributed by atoms with van der Waals surface area (Å²) in [6.45, 7) is 1.29. The molecule has 1 rings (SSSR count). The molecule has 4 heteroatoms. The fraction of sp³-hybridized carbons (Fsp3) is 0.462. The van der Waals surface area contributed by atoms with Gasteiger partial charge in [0, 0.05) is 6.42 Å². The average Bonchev–Trinajstić information content (AvgIpc) is 2.36. The van der Waals surface area contributed by atoms with Crippen LogP contribution in [0.15, 0.2) is 30.3 Å². The molecule has 0 aliphatic carbocycles. The molecule has 0 saturated heterocycles. The summed E-state index contributed by atoms with van der Waals surface area (Å²) in [7, 11) is 0. The van der Waals surface area contributed by atoms with Gasteiger partial charge in [-0.2, -0.15) is 0 Å². The maximum atomic E-state index is 11.2. The van der Waals surface area contributed by atoms with E-state index in [1.807, 2.05) is 30.3 Å². The summed E-state index contributed by atoms with van der Waals surface area (Å²) in [6, 6.07) is 9.44. The first kappa shape index (κ1) is 13.5. The Bertz CT molecular complexity index is 314. The number of nitrogens with two attached hydrogens (primary N) is 1. The van der Waals surface area contributed by atoms with Crippen LogP contribution in [0.2, 0.25) is 0 Å². The number of carbonyl (C=O) groups excluding carboxylic acids is 1. The van der Waals surface area contributed by atoms with Gasteiger partial charge in [0.15, 0.2) is 0 Å². The molecular formula is C13H19NO3. The number of benzene rings is 1. The van der Waals surface area contributed by atoms with Gasteiger partial charge >= 0.3 is 5.97 Å². The molecule has 4 nitrogen and oxygen atoms in total. The summed E-state index contributed by atoms with van der Waals surface area (Å²) in [6.07, 6.45) is 2.08. The van der Waals surface area contributed by atoms with Crippen LogP contribution < -0.4 is 10.5 Å². The van der Waals surface area contributed by atoms with Gasteiger partial charge in [-0.3, -0.25) is 4.79 Å². The van der Waals surface area contributed by atoms with E-state index in [-0.39, 0.29) is 12.6 Å². The lowest BCUT2D eigenvalue weighted by Crippen LogP contribution is -2.12. The molecule has 0 fully saturated rings. The number of carbonyl (C=O) groups is 1. The molecule has 0 aromatic heterocycles. The molecule has 0 heterocycles. The Hall–Kier alpha value is -1.55. The van der Waals surface area contributed by atoms with Gasteiger partial charge in [-0.15, -0.1) is 0 Å². The van der Waals surface area contributed by atoms with Crippen molar-refractivity contribution in [3.8, 4) is 5.75 Å². The maximum Gasteiger partial charge on any atom is 0.305 e. The number of para-hydroxylation sites is 1. The standard InChI is InChI=1S/C13H19NO3/c14-9-5-4-8-13(15)17-11-10-16-12-6-2-1-3-7-12/h1-3,6-7H,4-5,8-11,14H2. The lowest BCUT2D eigenvalue weighted by atomic mass is 10.2. The second-order valence-electron chi connectivity index (χ2n) is 3.63. The van der Waals surface area contributed by atoms with Crippen molar-refractivity contribution in [3.63, 3.8) is 0 Å². The topological polar surface area (TPSA) is 61.6 Å². The Labute approximate surface area is 102 Å². The van der Waals surface area contributed by atoms with Gasteiger partial charge in [0.2, 0.25) is 0 Å². The monoisotopic (exact) mass is 237 g/mol. The van der Waals surface area contributed by atoms with Gasteiger partial charge in [0.25, 0.3) is 0 Å². The van der Waals surface area contributed by atoms with E-state index in [0.29, 0.717) is 19.6 Å². The lowest BCUT2D eigenvalue weighted by molar-refractivity contribution is -0.144. The van der Waals surface area contributed by atoms with E-state index in [1.165, 1.54) is 0 Å². The summed E-state index contributed by atoms with van der Waals surface area (Å²) < 4.78 is 10.4. The van der Waals surface area contributed by atoms with Crippen molar-refractivity contribution in [3.05, 3.63) is 30.3 Å². The number of unbranched alkanes of at least 4 members (excludes halogenated alkanes) is 1. The first-order chi connectivity index (χ1) is 8.33. The molecule has 0 radical (unpaired) electrons. The van der Waals surface area contributed by atoms with E-state index < -0.39 is 0 Å². The van der Waals surface area contributed by atoms with Gasteiger partial charge < -0.3 is 15.2 Å². The molecule has 1 aromatic rings. The SMILES string of the molecule is NCCCCC(=O)OCCOc1ccccc1. The van der Waals surface area contributed by atoms with Crippen LogP contribution >= 0.6 is 0 Å². The van der Waals surface area contributed by atoms with Crippen molar-refractivity contribution in [1.82, 2.24) is 0 Å². The largest absolute Gasteiger partial charge is 0.490 e. The van der Waals surface area contributed by atoms with Crippen LogP contribution in [0.5, 0.6) is 5.75 Å². The minimum Gasteiger partial charge on any atom is -0.490 e. The number of hydrogen-bond donors (Lipinski definition) is 1. The third-order valence-corrected chi connectivity index (χ3v) is 2.19. The Kier molecular flexibility index (Phi) is 6.82. The van der Waals surface area contributed by atoms with E-state index in [4.69, 9.17) is 15.2 Å². The fourth-order valence-electron chi connectivity index (χ4n) is 1.32. The van der Waals surface area contributed by atoms with Crippen molar-refractivity contribution in [1.29, 1.82) is 0 Å². The molecule has 0 unspecified atom stereocenters. The molecular weight excluding hydrogens is 218 g/mol. The van der Waals surface area contributed by atoms with E-state index in [2.05, 4.69) is 0 Å². The molecule has 0 aliphatic rings. The van der Waals surface area contributed by atoms with Gasteiger partial charge in [-0.1, -0.05) is 18.2 Å². The van der Waals surface area contributed by atoms with E-state index in [0.717, 1.165) is 18.6 Å². The minimum absolute atomic E-state index is 0.185. The first-order valence-corrected chi connectivity index (χ1v) is 5.86. The highest BCUT2D eigenvalue weighted by Crippen LogP contribution is 2.07. The third kappa shape index (κ3) is 6.58. The fourth-order valence-corrected chi connectivity index (χ4v) is 1.32. The average molecular weight is 237 g/mol. The second kappa shape index (κ2) is 8.58. The van der Waals surface area contributed by atoms with Gasteiger partial charge in [0.1, 0.15) is 19.0 Å². The van der Waals surface area contributed by atoms with Crippen molar-refractivity contribution < 1.29 is 14.3 Å². The van der Waals surface area contributed by atoms with Crippen LogP contribution in [-0.2, 0) is 9.53 Å². The number of esters is 1. The highest BCUT2D eigenvalue weighted by Gasteiger charge is 2.01. The van der Waals surface area contributed by atoms with Crippen LogP contribution in [0, 0.1) is 0 Å². The molecule has 0 saturated carbocycles. The molecule has 17 heavy (non-hydrogen) atoms. The third-order valence-electron chi connectivity index (χ3n) is 2.19. The summed E-state index contributed by atoms with van der Waals surface area (Å²) in [5, 5.41) is 0. The van der Waals surface area contributed by atoms with Gasteiger partial charge in [-0.25, -0.2) is 0 Å². The Morgan fingerprint density at radius 3 is 2.59 bits per heavy atom. The molecule has 0 amide bonds. The summed E-state index contributed by atoms with van der Waals surface area (Å²) in [4.78, 5) is 11.2. The number of rotatable bonds is 8. The predicted octanol–water partition coefficient (Wildman–Crippen LogP) is 1.74. The van der Waals surface area contributed by atoms with Crippen LogP contribution in [0.1, 0.15) is 19.3 Å². The highest BCUT2D eigenvalue weighted by atomic mass is 16.6. The van der Waals surface area contributed by atoms with Gasteiger partial charge in [0.05, 0.1) is 0 Å². The quantitative estimate of drug-likeness (QED) is 0.552. The minimum atomic E-state index is -0.185. The normalized spacial score (nSPS) is 9.94. The number of ether oxygens (including phenoxy) is 2. The van der Waals surface area contributed by atoms with Crippen LogP contribution in [0.25, 0.3) is 0 Å². The highest BCUT2D eigenvalue weighted by molar-refractivity contribution is 5.69. The molecule has 0 bridgehead atoms. The molecule has 0 aliphatic heterocycles. The lowest BCUT2D eigenvalue weighted by Gasteiger charge is -2.07. The Morgan fingerprint density at radius 2 is 1.88 bits per heavy atom. The van der Waals surface area contributed by atoms with Crippen LogP contribution in [0.3, 0.4) is 0 Å². The summed E-state index contributed by atoms with van der Waals surface area (Å²) in [5.74, 6) is 0.599. The zero-order valence-corrected chi connectivity index (χ0v) is 9.93.